The predicted octanol–water partition coefficient (Wildman–Crippen LogP) is 9.57. The van der Waals surface area contributed by atoms with E-state index >= 15 is 0 Å². The van der Waals surface area contributed by atoms with E-state index < -0.39 is 23.5 Å². The molecular formula is C30H18F6N2O2. The molecular weight excluding hydrogens is 534 g/mol. The molecule has 4 aromatic carbocycles. The van der Waals surface area contributed by atoms with Crippen LogP contribution in [0.25, 0.3) is 55.6 Å². The van der Waals surface area contributed by atoms with Crippen LogP contribution < -0.4 is 0 Å². The first kappa shape index (κ1) is 25.7. The Morgan fingerprint density at radius 3 is 1.77 bits per heavy atom. The highest BCUT2D eigenvalue weighted by Gasteiger charge is 2.36. The second-order valence-corrected chi connectivity index (χ2v) is 9.17. The lowest BCUT2D eigenvalue weighted by Crippen LogP contribution is -2.07. The summed E-state index contributed by atoms with van der Waals surface area (Å²) in [7, 11) is 0. The van der Waals surface area contributed by atoms with Gasteiger partial charge in [0.1, 0.15) is 11.0 Å². The molecule has 0 saturated carbocycles. The molecule has 40 heavy (non-hydrogen) atoms. The highest BCUT2D eigenvalue weighted by atomic mass is 19.4. The lowest BCUT2D eigenvalue weighted by molar-refractivity contribution is -0.138. The molecule has 0 saturated heterocycles. The van der Waals surface area contributed by atoms with E-state index in [9.17, 15) is 26.3 Å². The topological polar surface area (TPSA) is 52.1 Å². The molecule has 0 N–H and O–H groups in total. The van der Waals surface area contributed by atoms with Crippen LogP contribution in [0.5, 0.6) is 0 Å². The van der Waals surface area contributed by atoms with Crippen LogP contribution in [0.15, 0.2) is 88.4 Å². The van der Waals surface area contributed by atoms with Crippen LogP contribution >= 0.6 is 0 Å². The number of rotatable bonds is 4. The molecule has 0 amide bonds. The molecule has 10 heteroatoms. The van der Waals surface area contributed by atoms with Crippen molar-refractivity contribution in [2.45, 2.75) is 25.7 Å². The van der Waals surface area contributed by atoms with Gasteiger partial charge in [-0.3, -0.25) is 0 Å². The van der Waals surface area contributed by atoms with Gasteiger partial charge in [-0.2, -0.15) is 26.3 Å². The molecule has 0 atom stereocenters. The third kappa shape index (κ3) is 4.20. The average Bonchev–Trinajstić information content (AvgIpc) is 3.61. The zero-order valence-corrected chi connectivity index (χ0v) is 20.7. The van der Waals surface area contributed by atoms with Crippen molar-refractivity contribution in [3.05, 3.63) is 96.2 Å². The van der Waals surface area contributed by atoms with Gasteiger partial charge in [0.2, 0.25) is 0 Å². The Morgan fingerprint density at radius 2 is 1.20 bits per heavy atom. The van der Waals surface area contributed by atoms with Gasteiger partial charge in [-0.15, -0.1) is 0 Å². The van der Waals surface area contributed by atoms with Crippen molar-refractivity contribution in [2.24, 2.45) is 0 Å². The van der Waals surface area contributed by atoms with Gasteiger partial charge < -0.3 is 8.83 Å². The zero-order valence-electron chi connectivity index (χ0n) is 20.7. The number of halogens is 6. The Morgan fingerprint density at radius 1 is 0.650 bits per heavy atom. The minimum atomic E-state index is -4.66. The van der Waals surface area contributed by atoms with E-state index in [-0.39, 0.29) is 33.3 Å². The fourth-order valence-corrected chi connectivity index (χ4v) is 5.03. The number of aromatic nitrogens is 2. The summed E-state index contributed by atoms with van der Waals surface area (Å²) < 4.78 is 94.6. The standard InChI is InChI=1S/C30H18F6N2O2/c1-2-16-11-17(13-18(12-16)29(31,32)33)19-7-3-4-8-20(19)23-25-28(40-14-37-25)24(26-27(23)39-15-38-26)21-9-5-6-10-22(21)30(34,35)36/h3-15H,2H2,1H3. The second-order valence-electron chi connectivity index (χ2n) is 9.17. The molecule has 0 aliphatic carbocycles. The maximum atomic E-state index is 14.0. The van der Waals surface area contributed by atoms with E-state index in [0.29, 0.717) is 34.2 Å². The average molecular weight is 552 g/mol. The van der Waals surface area contributed by atoms with E-state index in [0.717, 1.165) is 31.0 Å². The summed E-state index contributed by atoms with van der Waals surface area (Å²) in [5.74, 6) is 0. The van der Waals surface area contributed by atoms with Crippen molar-refractivity contribution >= 4 is 22.2 Å². The summed E-state index contributed by atoms with van der Waals surface area (Å²) in [6.45, 7) is 1.76. The largest absolute Gasteiger partial charge is 0.443 e. The van der Waals surface area contributed by atoms with Gasteiger partial charge in [-0.25, -0.2) is 9.97 Å². The Hall–Kier alpha value is -4.60. The molecule has 0 bridgehead atoms. The summed E-state index contributed by atoms with van der Waals surface area (Å²) in [4.78, 5) is 8.55. The van der Waals surface area contributed by atoms with E-state index in [1.807, 2.05) is 0 Å². The van der Waals surface area contributed by atoms with E-state index in [1.165, 1.54) is 18.2 Å². The number of alkyl halides is 6. The number of benzene rings is 4. The summed E-state index contributed by atoms with van der Waals surface area (Å²) in [6, 6.07) is 15.7. The van der Waals surface area contributed by atoms with Crippen LogP contribution in [-0.2, 0) is 18.8 Å². The highest BCUT2D eigenvalue weighted by Crippen LogP contribution is 2.48. The number of hydrogen-bond donors (Lipinski definition) is 0. The lowest BCUT2D eigenvalue weighted by Gasteiger charge is -2.16. The van der Waals surface area contributed by atoms with Crippen molar-refractivity contribution < 1.29 is 35.2 Å². The Bertz CT molecular complexity index is 1830. The maximum Gasteiger partial charge on any atom is 0.417 e. The first-order valence-corrected chi connectivity index (χ1v) is 12.2. The number of nitrogens with zero attached hydrogens (tertiary/aromatic N) is 2. The van der Waals surface area contributed by atoms with Gasteiger partial charge in [-0.1, -0.05) is 55.5 Å². The fourth-order valence-electron chi connectivity index (χ4n) is 5.03. The molecule has 0 aliphatic heterocycles. The fraction of sp³-hybridized carbons (Fsp3) is 0.133. The van der Waals surface area contributed by atoms with Gasteiger partial charge in [0.05, 0.1) is 22.3 Å². The van der Waals surface area contributed by atoms with Gasteiger partial charge in [0.15, 0.2) is 24.0 Å². The first-order chi connectivity index (χ1) is 19.1. The molecule has 202 valence electrons. The van der Waals surface area contributed by atoms with Crippen molar-refractivity contribution in [3.8, 4) is 33.4 Å². The number of oxazole rings is 2. The summed E-state index contributed by atoms with van der Waals surface area (Å²) in [6.07, 6.45) is -6.62. The normalized spacial score (nSPS) is 12.5. The smallest absolute Gasteiger partial charge is 0.417 e. The monoisotopic (exact) mass is 552 g/mol. The predicted molar refractivity (Wildman–Crippen MR) is 137 cm³/mol. The van der Waals surface area contributed by atoms with Gasteiger partial charge in [0, 0.05) is 0 Å². The number of fused-ring (bicyclic) bond motifs is 2. The molecule has 0 radical (unpaired) electrons. The minimum Gasteiger partial charge on any atom is -0.443 e. The number of aryl methyl sites for hydroxylation is 1. The Kier molecular flexibility index (Phi) is 5.94. The SMILES string of the molecule is CCc1cc(-c2ccccc2-c2c3ncoc3c(-c3ccccc3C(F)(F)F)c3ncoc23)cc(C(F)(F)F)c1. The molecule has 4 nitrogen and oxygen atoms in total. The summed E-state index contributed by atoms with van der Waals surface area (Å²) >= 11 is 0. The lowest BCUT2D eigenvalue weighted by atomic mass is 9.89. The van der Waals surface area contributed by atoms with Crippen LogP contribution in [0.3, 0.4) is 0 Å². The summed E-state index contributed by atoms with van der Waals surface area (Å²) in [5.41, 5.74) is 0.741. The quantitative estimate of drug-likeness (QED) is 0.204. The van der Waals surface area contributed by atoms with Crippen molar-refractivity contribution in [2.75, 3.05) is 0 Å². The van der Waals surface area contributed by atoms with Crippen LogP contribution in [0.2, 0.25) is 0 Å². The van der Waals surface area contributed by atoms with Gasteiger partial charge >= 0.3 is 12.4 Å². The molecule has 0 unspecified atom stereocenters. The van der Waals surface area contributed by atoms with Crippen LogP contribution in [0.4, 0.5) is 26.3 Å². The van der Waals surface area contributed by atoms with Crippen molar-refractivity contribution in [3.63, 3.8) is 0 Å². The summed E-state index contributed by atoms with van der Waals surface area (Å²) in [5, 5.41) is 0. The molecule has 0 aliphatic rings. The molecule has 2 heterocycles. The van der Waals surface area contributed by atoms with Crippen LogP contribution in [-0.4, -0.2) is 9.97 Å². The zero-order chi connectivity index (χ0) is 28.2. The molecule has 0 spiro atoms. The van der Waals surface area contributed by atoms with E-state index in [1.54, 1.807) is 37.3 Å². The van der Waals surface area contributed by atoms with Crippen LogP contribution in [0, 0.1) is 0 Å². The minimum absolute atomic E-state index is 0.0428. The molecule has 2 aromatic heterocycles. The maximum absolute atomic E-state index is 14.0. The molecule has 0 fully saturated rings. The molecule has 6 rings (SSSR count). The number of hydrogen-bond acceptors (Lipinski definition) is 4. The van der Waals surface area contributed by atoms with E-state index in [2.05, 4.69) is 9.97 Å². The second kappa shape index (κ2) is 9.25. The van der Waals surface area contributed by atoms with Gasteiger partial charge in [-0.05, 0) is 52.4 Å². The first-order valence-electron chi connectivity index (χ1n) is 12.2. The highest BCUT2D eigenvalue weighted by molar-refractivity contribution is 6.17. The Balaban J connectivity index is 1.67. The van der Waals surface area contributed by atoms with Crippen molar-refractivity contribution in [1.82, 2.24) is 9.97 Å². The van der Waals surface area contributed by atoms with Crippen LogP contribution in [0.1, 0.15) is 23.6 Å². The molecule has 6 aromatic rings. The van der Waals surface area contributed by atoms with E-state index in [4.69, 9.17) is 8.83 Å². The third-order valence-electron chi connectivity index (χ3n) is 6.80. The van der Waals surface area contributed by atoms with Crippen molar-refractivity contribution in [1.29, 1.82) is 0 Å². The van der Waals surface area contributed by atoms with Gasteiger partial charge in [0.25, 0.3) is 0 Å². The Labute approximate surface area is 222 Å². The third-order valence-corrected chi connectivity index (χ3v) is 6.80.